The molecule has 0 amide bonds. The van der Waals surface area contributed by atoms with Gasteiger partial charge in [0.25, 0.3) is 5.09 Å². The third-order valence-corrected chi connectivity index (χ3v) is 1.17. The van der Waals surface area contributed by atoms with Crippen LogP contribution >= 0.6 is 0 Å². The Kier molecular flexibility index (Phi) is 4.52. The second-order valence-corrected chi connectivity index (χ2v) is 2.91. The Balaban J connectivity index is 3.37. The fourth-order valence-corrected chi connectivity index (χ4v) is 0.830. The van der Waals surface area contributed by atoms with Crippen LogP contribution in [0.4, 0.5) is 0 Å². The maximum atomic E-state index is 9.72. The summed E-state index contributed by atoms with van der Waals surface area (Å²) in [4.78, 5) is 13.8. The van der Waals surface area contributed by atoms with Gasteiger partial charge in [-0.15, -0.1) is 10.1 Å². The predicted molar refractivity (Wildman–Crippen MR) is 40.4 cm³/mol. The zero-order valence-electron chi connectivity index (χ0n) is 6.82. The molecule has 5 nitrogen and oxygen atoms in total. The second kappa shape index (κ2) is 4.90. The van der Waals surface area contributed by atoms with Gasteiger partial charge in [0.2, 0.25) is 0 Å². The molecule has 0 radical (unpaired) electrons. The summed E-state index contributed by atoms with van der Waals surface area (Å²) >= 11 is 0. The van der Waals surface area contributed by atoms with Crippen molar-refractivity contribution in [2.24, 2.45) is 11.7 Å². The number of nitrogens with two attached hydrogens (primary N) is 1. The van der Waals surface area contributed by atoms with Gasteiger partial charge in [0.05, 0.1) is 0 Å². The number of hydrogen-bond donors (Lipinski definition) is 1. The normalized spacial score (nSPS) is 13.1. The van der Waals surface area contributed by atoms with E-state index in [0.29, 0.717) is 5.92 Å². The lowest BCUT2D eigenvalue weighted by Gasteiger charge is -2.11. The van der Waals surface area contributed by atoms with Crippen molar-refractivity contribution in [3.63, 3.8) is 0 Å². The topological polar surface area (TPSA) is 78.4 Å². The number of hydrogen-bond acceptors (Lipinski definition) is 4. The van der Waals surface area contributed by atoms with Crippen LogP contribution in [0.15, 0.2) is 0 Å². The molecular formula is C6H14N2O3. The third-order valence-electron chi connectivity index (χ3n) is 1.17. The van der Waals surface area contributed by atoms with Gasteiger partial charge in [-0.2, -0.15) is 0 Å². The zero-order valence-corrected chi connectivity index (χ0v) is 6.82. The van der Waals surface area contributed by atoms with E-state index < -0.39 is 5.09 Å². The molecule has 0 aromatic carbocycles. The molecule has 0 fully saturated rings. The lowest BCUT2D eigenvalue weighted by atomic mass is 10.1. The highest BCUT2D eigenvalue weighted by Crippen LogP contribution is 2.02. The molecule has 0 aromatic heterocycles. The molecule has 0 rings (SSSR count). The Labute approximate surface area is 65.6 Å². The average molecular weight is 162 g/mol. The molecule has 2 N–H and O–H groups in total. The standard InChI is InChI=1S/C6H14N2O3/c1-5(2)3-6(7)4-11-8(9)10/h5-6H,3-4,7H2,1-2H3/t6-/m0/s1. The Hall–Kier alpha value is -0.840. The molecule has 0 unspecified atom stereocenters. The molecule has 0 aliphatic rings. The van der Waals surface area contributed by atoms with Crippen molar-refractivity contribution in [3.8, 4) is 0 Å². The van der Waals surface area contributed by atoms with Crippen LogP contribution in [-0.4, -0.2) is 17.7 Å². The molecule has 0 saturated carbocycles. The first-order valence-corrected chi connectivity index (χ1v) is 3.55. The highest BCUT2D eigenvalue weighted by atomic mass is 16.9. The summed E-state index contributed by atoms with van der Waals surface area (Å²) in [5.41, 5.74) is 5.49. The quantitative estimate of drug-likeness (QED) is 0.473. The molecule has 66 valence electrons. The van der Waals surface area contributed by atoms with Gasteiger partial charge in [0.1, 0.15) is 6.61 Å². The molecule has 0 bridgehead atoms. The van der Waals surface area contributed by atoms with Crippen molar-refractivity contribution in [1.82, 2.24) is 0 Å². The highest BCUT2D eigenvalue weighted by molar-refractivity contribution is 4.60. The van der Waals surface area contributed by atoms with E-state index in [1.54, 1.807) is 0 Å². The van der Waals surface area contributed by atoms with Crippen molar-refractivity contribution < 1.29 is 9.92 Å². The molecule has 0 aliphatic heterocycles. The van der Waals surface area contributed by atoms with Crippen molar-refractivity contribution in [3.05, 3.63) is 10.1 Å². The molecule has 0 heterocycles. The summed E-state index contributed by atoms with van der Waals surface area (Å²) in [6.45, 7) is 4.00. The Morgan fingerprint density at radius 2 is 2.18 bits per heavy atom. The smallest absolute Gasteiger partial charge is 0.294 e. The molecule has 0 saturated heterocycles. The first-order chi connectivity index (χ1) is 5.02. The van der Waals surface area contributed by atoms with E-state index in [1.165, 1.54) is 0 Å². The maximum absolute atomic E-state index is 9.72. The average Bonchev–Trinajstić information content (AvgIpc) is 1.82. The van der Waals surface area contributed by atoms with E-state index in [-0.39, 0.29) is 12.6 Å². The van der Waals surface area contributed by atoms with Crippen LogP contribution in [0.5, 0.6) is 0 Å². The van der Waals surface area contributed by atoms with E-state index in [0.717, 1.165) is 6.42 Å². The molecule has 0 aromatic rings. The van der Waals surface area contributed by atoms with Crippen LogP contribution in [0.2, 0.25) is 0 Å². The van der Waals surface area contributed by atoms with E-state index in [2.05, 4.69) is 4.84 Å². The monoisotopic (exact) mass is 162 g/mol. The van der Waals surface area contributed by atoms with Gasteiger partial charge in [-0.25, -0.2) is 0 Å². The van der Waals surface area contributed by atoms with Crippen LogP contribution in [-0.2, 0) is 4.84 Å². The Bertz CT molecular complexity index is 127. The largest absolute Gasteiger partial charge is 0.326 e. The van der Waals surface area contributed by atoms with Crippen LogP contribution in [0.3, 0.4) is 0 Å². The molecule has 5 heteroatoms. The first-order valence-electron chi connectivity index (χ1n) is 3.55. The van der Waals surface area contributed by atoms with Gasteiger partial charge in [-0.1, -0.05) is 13.8 Å². The summed E-state index contributed by atoms with van der Waals surface area (Å²) in [6.07, 6.45) is 0.744. The summed E-state index contributed by atoms with van der Waals surface area (Å²) in [6, 6.07) is -0.236. The lowest BCUT2D eigenvalue weighted by Crippen LogP contribution is -2.28. The van der Waals surface area contributed by atoms with Gasteiger partial charge >= 0.3 is 0 Å². The molecule has 0 aliphatic carbocycles. The van der Waals surface area contributed by atoms with E-state index in [4.69, 9.17) is 5.73 Å². The fraction of sp³-hybridized carbons (Fsp3) is 1.00. The second-order valence-electron chi connectivity index (χ2n) is 2.91. The van der Waals surface area contributed by atoms with E-state index in [1.807, 2.05) is 13.8 Å². The first kappa shape index (κ1) is 10.2. The summed E-state index contributed by atoms with van der Waals surface area (Å²) in [5.74, 6) is 0.445. The zero-order chi connectivity index (χ0) is 8.85. The molecular weight excluding hydrogens is 148 g/mol. The predicted octanol–water partition coefficient (Wildman–Crippen LogP) is 0.568. The maximum Gasteiger partial charge on any atom is 0.294 e. The van der Waals surface area contributed by atoms with Crippen LogP contribution < -0.4 is 5.73 Å². The van der Waals surface area contributed by atoms with Crippen molar-refractivity contribution in [1.29, 1.82) is 0 Å². The summed E-state index contributed by atoms with van der Waals surface area (Å²) in [5, 5.41) is 8.90. The Morgan fingerprint density at radius 3 is 2.55 bits per heavy atom. The Morgan fingerprint density at radius 1 is 1.64 bits per heavy atom. The summed E-state index contributed by atoms with van der Waals surface area (Å²) < 4.78 is 0. The van der Waals surface area contributed by atoms with Gasteiger partial charge in [-0.05, 0) is 12.3 Å². The van der Waals surface area contributed by atoms with Crippen LogP contribution in [0, 0.1) is 16.0 Å². The van der Waals surface area contributed by atoms with Crippen molar-refractivity contribution >= 4 is 0 Å². The fourth-order valence-electron chi connectivity index (χ4n) is 0.830. The minimum absolute atomic E-state index is 0.00875. The van der Waals surface area contributed by atoms with Gasteiger partial charge < -0.3 is 10.6 Å². The van der Waals surface area contributed by atoms with Gasteiger partial charge in [0, 0.05) is 6.04 Å². The molecule has 1 atom stereocenters. The van der Waals surface area contributed by atoms with Gasteiger partial charge in [-0.3, -0.25) is 0 Å². The highest BCUT2D eigenvalue weighted by Gasteiger charge is 2.06. The number of nitrogens with zero attached hydrogens (tertiary/aromatic N) is 1. The lowest BCUT2D eigenvalue weighted by molar-refractivity contribution is -0.758. The minimum atomic E-state index is -0.819. The SMILES string of the molecule is CC(C)C[C@H](N)CO[N+](=O)[O-]. The third kappa shape index (κ3) is 7.05. The van der Waals surface area contributed by atoms with Gasteiger partial charge in [0.15, 0.2) is 0 Å². The minimum Gasteiger partial charge on any atom is -0.326 e. The van der Waals surface area contributed by atoms with Crippen LogP contribution in [0.1, 0.15) is 20.3 Å². The van der Waals surface area contributed by atoms with E-state index >= 15 is 0 Å². The molecule has 11 heavy (non-hydrogen) atoms. The van der Waals surface area contributed by atoms with E-state index in [9.17, 15) is 10.1 Å². The van der Waals surface area contributed by atoms with Crippen molar-refractivity contribution in [2.45, 2.75) is 26.3 Å². The number of rotatable bonds is 5. The van der Waals surface area contributed by atoms with Crippen molar-refractivity contribution in [2.75, 3.05) is 6.61 Å². The van der Waals surface area contributed by atoms with Crippen LogP contribution in [0.25, 0.3) is 0 Å². The summed E-state index contributed by atoms with van der Waals surface area (Å²) in [7, 11) is 0. The molecule has 0 spiro atoms.